The molecule has 15 nitrogen and oxygen atoms in total. The number of nitrogens with zero attached hydrogens (tertiary/aromatic N) is 4. The predicted molar refractivity (Wildman–Crippen MR) is 215 cm³/mol. The lowest BCUT2D eigenvalue weighted by Gasteiger charge is -2.48. The van der Waals surface area contributed by atoms with Gasteiger partial charge in [0.25, 0.3) is 0 Å². The van der Waals surface area contributed by atoms with E-state index in [-0.39, 0.29) is 43.9 Å². The Bertz CT molecular complexity index is 1980. The average molecular weight is 821 g/mol. The van der Waals surface area contributed by atoms with Crippen LogP contribution in [0, 0.1) is 29.6 Å². The minimum absolute atomic E-state index is 0.0308. The van der Waals surface area contributed by atoms with E-state index in [0.29, 0.717) is 17.7 Å². The van der Waals surface area contributed by atoms with E-state index < -0.39 is 95.4 Å². The van der Waals surface area contributed by atoms with Gasteiger partial charge in [0.2, 0.25) is 0 Å². The first-order valence-electron chi connectivity index (χ1n) is 21.0. The number of aliphatic hydroxyl groups is 1. The number of esters is 1. The van der Waals surface area contributed by atoms with Crippen LogP contribution < -0.4 is 0 Å². The van der Waals surface area contributed by atoms with E-state index in [4.69, 9.17) is 28.5 Å². The Morgan fingerprint density at radius 2 is 1.75 bits per heavy atom. The first kappa shape index (κ1) is 43.1. The molecule has 0 spiro atoms. The lowest BCUT2D eigenvalue weighted by Crippen LogP contribution is -2.61. The van der Waals surface area contributed by atoms with Crippen LogP contribution in [0.5, 0.6) is 0 Å². The Morgan fingerprint density at radius 1 is 1.02 bits per heavy atom. The van der Waals surface area contributed by atoms with Crippen molar-refractivity contribution in [1.29, 1.82) is 0 Å². The zero-order valence-electron chi connectivity index (χ0n) is 35.8. The molecule has 15 heteroatoms. The fourth-order valence-electron chi connectivity index (χ4n) is 10.4. The number of aliphatic hydroxyl groups excluding tert-OH is 1. The molecule has 15 atom stereocenters. The summed E-state index contributed by atoms with van der Waals surface area (Å²) in [4.78, 5) is 72.2. The number of carbonyl (C=O) groups excluding carboxylic acids is 4. The van der Waals surface area contributed by atoms with Crippen LogP contribution in [0.25, 0.3) is 10.9 Å². The summed E-state index contributed by atoms with van der Waals surface area (Å²) in [5, 5.41) is 17.2. The van der Waals surface area contributed by atoms with Gasteiger partial charge in [0.15, 0.2) is 23.8 Å². The summed E-state index contributed by atoms with van der Waals surface area (Å²) in [6.07, 6.45) is -3.57. The monoisotopic (exact) mass is 820 g/mol. The maximum absolute atomic E-state index is 14.9. The maximum atomic E-state index is 14.9. The number of fused-ring (bicyclic) bond motifs is 6. The van der Waals surface area contributed by atoms with E-state index in [2.05, 4.69) is 10.1 Å². The van der Waals surface area contributed by atoms with Crippen LogP contribution in [0.2, 0.25) is 0 Å². The molecule has 1 amide bonds. The van der Waals surface area contributed by atoms with Crippen molar-refractivity contribution in [2.24, 2.45) is 34.7 Å². The summed E-state index contributed by atoms with van der Waals surface area (Å²) in [6, 6.07) is 8.48. The van der Waals surface area contributed by atoms with Crippen LogP contribution in [-0.2, 0) is 42.9 Å². The second-order valence-electron chi connectivity index (χ2n) is 18.1. The largest absolute Gasteiger partial charge is 0.458 e. The highest BCUT2D eigenvalue weighted by atomic mass is 16.7. The van der Waals surface area contributed by atoms with Crippen LogP contribution in [0.3, 0.4) is 0 Å². The van der Waals surface area contributed by atoms with Crippen molar-refractivity contribution in [1.82, 2.24) is 14.8 Å². The molecule has 59 heavy (non-hydrogen) atoms. The van der Waals surface area contributed by atoms with Crippen LogP contribution >= 0.6 is 0 Å². The Kier molecular flexibility index (Phi) is 12.0. The smallest absolute Gasteiger partial charge is 0.410 e. The third-order valence-electron chi connectivity index (χ3n) is 13.6. The second kappa shape index (κ2) is 16.4. The van der Waals surface area contributed by atoms with Crippen molar-refractivity contribution < 1.29 is 52.8 Å². The third-order valence-corrected chi connectivity index (χ3v) is 13.6. The highest BCUT2D eigenvalue weighted by Crippen LogP contribution is 2.45. The van der Waals surface area contributed by atoms with E-state index >= 15 is 0 Å². The third kappa shape index (κ3) is 7.77. The zero-order valence-corrected chi connectivity index (χ0v) is 35.8. The van der Waals surface area contributed by atoms with Crippen molar-refractivity contribution >= 4 is 40.2 Å². The number of benzene rings is 1. The lowest BCUT2D eigenvalue weighted by atomic mass is 9.73. The average Bonchev–Trinajstić information content (AvgIpc) is 3.72. The highest BCUT2D eigenvalue weighted by molar-refractivity contribution is 6.05. The molecule has 0 saturated carbocycles. The van der Waals surface area contributed by atoms with E-state index in [9.17, 15) is 24.3 Å². The van der Waals surface area contributed by atoms with E-state index in [1.165, 1.54) is 6.92 Å². The van der Waals surface area contributed by atoms with E-state index in [1.807, 2.05) is 63.2 Å². The van der Waals surface area contributed by atoms with Gasteiger partial charge in [0, 0.05) is 47.5 Å². The predicted octanol–water partition coefficient (Wildman–Crippen LogP) is 4.54. The van der Waals surface area contributed by atoms with Crippen LogP contribution in [0.1, 0.15) is 80.2 Å². The van der Waals surface area contributed by atoms with Gasteiger partial charge in [-0.1, -0.05) is 51.0 Å². The van der Waals surface area contributed by atoms with Crippen LogP contribution in [-0.4, -0.2) is 137 Å². The minimum Gasteiger partial charge on any atom is -0.458 e. The van der Waals surface area contributed by atoms with Crippen LogP contribution in [0.15, 0.2) is 41.7 Å². The molecule has 1 N–H and O–H groups in total. The molecule has 322 valence electrons. The molecule has 1 aromatic heterocycles. The molecular weight excluding hydrogens is 761 g/mol. The number of rotatable bonds is 5. The normalized spacial score (nSPS) is 40.9. The number of aromatic nitrogens is 1. The van der Waals surface area contributed by atoms with Gasteiger partial charge in [-0.05, 0) is 73.2 Å². The first-order chi connectivity index (χ1) is 27.9. The number of pyridine rings is 1. The number of oxime groups is 1. The highest BCUT2D eigenvalue weighted by Gasteiger charge is 2.62. The molecule has 4 saturated heterocycles. The SMILES string of the molecule is CC[C@H]1OC(=O)[C@H](C)C(=O)[C@H](C)[C@@H](O[C@@H]2O[C@H](C)C[C@H](N(C)C)[C@H]2O)[C@@]2(C)C[C@@H](C)C(=O)[C@H](C)[C@H]3N(C[C@@H]4C(c5cnc6ccccc6c5)=NO[C@@H]4CO2)C(=O)O[C@]13C. The standard InChI is InChI=1S/C44H60N4O11/c1-11-33-44(8)38-24(4)35(49)22(2)18-43(7,39(25(5)36(50)26(6)40(52)56-33)57-41-37(51)31(47(9)10)16-23(3)55-41)54-21-32-29(20-48(38)42(53)58-44)34(46-59-32)28-17-27-14-12-13-15-30(27)45-19-28/h12-15,17,19,22-26,29,31-33,37-39,41,51H,11,16,18,20-21H2,1-10H3/t22-,23-,24+,25+,26-,29+,31+,32-,33-,37-,38-,39-,41+,43-,44-/m1/s1. The maximum Gasteiger partial charge on any atom is 0.410 e. The number of likely N-dealkylation sites (N-methyl/N-ethyl adjacent to an activating group) is 1. The van der Waals surface area contributed by atoms with Gasteiger partial charge < -0.3 is 38.5 Å². The zero-order chi connectivity index (χ0) is 42.7. The van der Waals surface area contributed by atoms with Crippen molar-refractivity contribution in [3.05, 3.63) is 42.1 Å². The first-order valence-corrected chi connectivity index (χ1v) is 21.0. The number of ketones is 2. The van der Waals surface area contributed by atoms with Crippen molar-refractivity contribution in [3.8, 4) is 0 Å². The number of ether oxygens (including phenoxy) is 5. The van der Waals surface area contributed by atoms with E-state index in [1.54, 1.807) is 45.7 Å². The number of Topliss-reactive ketones (excluding diaryl/α,β-unsaturated/α-hetero) is 2. The fraction of sp³-hybridized carbons (Fsp3) is 0.682. The molecule has 0 aliphatic carbocycles. The summed E-state index contributed by atoms with van der Waals surface area (Å²) in [7, 11) is 3.74. The molecule has 2 bridgehead atoms. The van der Waals surface area contributed by atoms with E-state index in [0.717, 1.165) is 10.9 Å². The summed E-state index contributed by atoms with van der Waals surface area (Å²) >= 11 is 0. The van der Waals surface area contributed by atoms with Gasteiger partial charge in [0.05, 0.1) is 47.6 Å². The minimum atomic E-state index is -1.48. The van der Waals surface area contributed by atoms with Gasteiger partial charge in [-0.2, -0.15) is 0 Å². The topological polar surface area (TPSA) is 176 Å². The molecule has 5 aliphatic rings. The van der Waals surface area contributed by atoms with Gasteiger partial charge in [0.1, 0.15) is 23.9 Å². The Balaban J connectivity index is 1.38. The number of hydrogen-bond acceptors (Lipinski definition) is 14. The van der Waals surface area contributed by atoms with Crippen molar-refractivity contribution in [3.63, 3.8) is 0 Å². The van der Waals surface area contributed by atoms with Crippen molar-refractivity contribution in [2.75, 3.05) is 27.2 Å². The number of cyclic esters (lactones) is 1. The Labute approximate surface area is 346 Å². The summed E-state index contributed by atoms with van der Waals surface area (Å²) in [6.45, 7) is 13.9. The fourth-order valence-corrected chi connectivity index (χ4v) is 10.4. The molecule has 4 fully saturated rings. The molecule has 6 heterocycles. The molecule has 0 unspecified atom stereocenters. The number of carbonyl (C=O) groups is 4. The Hall–Kier alpha value is -4.02. The molecular formula is C44H60N4O11. The number of para-hydroxylation sites is 1. The molecule has 5 aliphatic heterocycles. The Morgan fingerprint density at radius 3 is 2.46 bits per heavy atom. The van der Waals surface area contributed by atoms with Gasteiger partial charge in [-0.3, -0.25) is 24.3 Å². The molecule has 0 radical (unpaired) electrons. The molecule has 2 aromatic rings. The van der Waals surface area contributed by atoms with Gasteiger partial charge in [-0.15, -0.1) is 0 Å². The number of amides is 1. The van der Waals surface area contributed by atoms with Gasteiger partial charge in [-0.25, -0.2) is 4.79 Å². The van der Waals surface area contributed by atoms with Crippen LogP contribution in [0.4, 0.5) is 4.79 Å². The second-order valence-corrected chi connectivity index (χ2v) is 18.1. The molecule has 1 aromatic carbocycles. The summed E-state index contributed by atoms with van der Waals surface area (Å²) < 4.78 is 32.5. The lowest BCUT2D eigenvalue weighted by molar-refractivity contribution is -0.299. The van der Waals surface area contributed by atoms with Crippen molar-refractivity contribution in [2.45, 2.75) is 135 Å². The number of hydrogen-bond donors (Lipinski definition) is 1. The quantitative estimate of drug-likeness (QED) is 0.329. The van der Waals surface area contributed by atoms with Gasteiger partial charge >= 0.3 is 12.1 Å². The summed E-state index contributed by atoms with van der Waals surface area (Å²) in [5.74, 6) is -5.83. The molecule has 7 rings (SSSR count). The summed E-state index contributed by atoms with van der Waals surface area (Å²) in [5.41, 5.74) is -0.862.